The molecule has 0 atom stereocenters. The zero-order valence-corrected chi connectivity index (χ0v) is 5.53. The molecule has 0 spiro atoms. The number of hydrogen-bond acceptors (Lipinski definition) is 1. The SMILES string of the molecule is NCC1=C(I)C1. The molecule has 0 fully saturated rings. The summed E-state index contributed by atoms with van der Waals surface area (Å²) in [6, 6.07) is 0. The Morgan fingerprint density at radius 1 is 1.83 bits per heavy atom. The highest BCUT2D eigenvalue weighted by Crippen LogP contribution is 2.34. The van der Waals surface area contributed by atoms with Gasteiger partial charge in [-0.2, -0.15) is 0 Å². The quantitative estimate of drug-likeness (QED) is 0.621. The van der Waals surface area contributed by atoms with Crippen LogP contribution in [0.4, 0.5) is 0 Å². The van der Waals surface area contributed by atoms with E-state index in [1.165, 1.54) is 15.6 Å². The second-order valence-electron chi connectivity index (χ2n) is 1.39. The van der Waals surface area contributed by atoms with E-state index in [0.717, 1.165) is 6.54 Å². The molecule has 0 bridgehead atoms. The fraction of sp³-hybridized carbons (Fsp3) is 0.500. The Kier molecular flexibility index (Phi) is 1.15. The Labute approximate surface area is 50.7 Å². The highest BCUT2D eigenvalue weighted by Gasteiger charge is 2.14. The molecule has 1 aliphatic carbocycles. The zero-order valence-electron chi connectivity index (χ0n) is 3.37. The molecule has 1 aliphatic rings. The van der Waals surface area contributed by atoms with E-state index in [0.29, 0.717) is 0 Å². The summed E-state index contributed by atoms with van der Waals surface area (Å²) >= 11 is 2.32. The summed E-state index contributed by atoms with van der Waals surface area (Å²) in [5.74, 6) is 0. The van der Waals surface area contributed by atoms with Gasteiger partial charge < -0.3 is 5.73 Å². The maximum absolute atomic E-state index is 5.26. The summed E-state index contributed by atoms with van der Waals surface area (Å²) in [6.07, 6.45) is 1.19. The van der Waals surface area contributed by atoms with Gasteiger partial charge in [-0.15, -0.1) is 0 Å². The molecule has 0 saturated carbocycles. The fourth-order valence-electron chi connectivity index (χ4n) is 0.326. The van der Waals surface area contributed by atoms with E-state index in [4.69, 9.17) is 5.73 Å². The average molecular weight is 195 g/mol. The second kappa shape index (κ2) is 1.50. The van der Waals surface area contributed by atoms with Crippen LogP contribution in [0.15, 0.2) is 9.15 Å². The molecule has 1 nitrogen and oxygen atoms in total. The first-order valence-electron chi connectivity index (χ1n) is 1.91. The van der Waals surface area contributed by atoms with Gasteiger partial charge in [-0.3, -0.25) is 0 Å². The van der Waals surface area contributed by atoms with Crippen LogP contribution in [0.1, 0.15) is 6.42 Å². The molecule has 0 radical (unpaired) electrons. The first kappa shape index (κ1) is 4.59. The number of halogens is 1. The van der Waals surface area contributed by atoms with Crippen LogP contribution in [0, 0.1) is 0 Å². The molecule has 6 heavy (non-hydrogen) atoms. The van der Waals surface area contributed by atoms with Crippen LogP contribution in [-0.2, 0) is 0 Å². The maximum atomic E-state index is 5.26. The van der Waals surface area contributed by atoms with Gasteiger partial charge in [-0.1, -0.05) is 0 Å². The van der Waals surface area contributed by atoms with Crippen molar-refractivity contribution >= 4 is 22.6 Å². The lowest BCUT2D eigenvalue weighted by Crippen LogP contribution is -1.93. The predicted octanol–water partition coefficient (Wildman–Crippen LogP) is 1.04. The van der Waals surface area contributed by atoms with Crippen molar-refractivity contribution < 1.29 is 0 Å². The number of allylic oxidation sites excluding steroid dienone is 1. The number of rotatable bonds is 1. The third-order valence-electron chi connectivity index (χ3n) is 0.874. The van der Waals surface area contributed by atoms with Crippen LogP contribution < -0.4 is 5.73 Å². The van der Waals surface area contributed by atoms with Crippen molar-refractivity contribution in [2.24, 2.45) is 5.73 Å². The van der Waals surface area contributed by atoms with Gasteiger partial charge in [0.2, 0.25) is 0 Å². The summed E-state index contributed by atoms with van der Waals surface area (Å²) in [4.78, 5) is 0. The van der Waals surface area contributed by atoms with Gasteiger partial charge in [0.05, 0.1) is 0 Å². The largest absolute Gasteiger partial charge is 0.327 e. The van der Waals surface area contributed by atoms with Gasteiger partial charge in [-0.05, 0) is 31.7 Å². The van der Waals surface area contributed by atoms with E-state index in [2.05, 4.69) is 22.6 Å². The van der Waals surface area contributed by atoms with E-state index >= 15 is 0 Å². The van der Waals surface area contributed by atoms with Crippen molar-refractivity contribution in [3.05, 3.63) is 9.15 Å². The molecule has 1 rings (SSSR count). The number of hydrogen-bond donors (Lipinski definition) is 1. The molecule has 34 valence electrons. The van der Waals surface area contributed by atoms with Crippen molar-refractivity contribution in [1.82, 2.24) is 0 Å². The minimum absolute atomic E-state index is 0.776. The molecule has 2 N–H and O–H groups in total. The summed E-state index contributed by atoms with van der Waals surface area (Å²) in [7, 11) is 0. The Morgan fingerprint density at radius 3 is 2.33 bits per heavy atom. The molecule has 0 aromatic carbocycles. The van der Waals surface area contributed by atoms with E-state index in [-0.39, 0.29) is 0 Å². The molecule has 0 saturated heterocycles. The van der Waals surface area contributed by atoms with Crippen molar-refractivity contribution in [2.75, 3.05) is 6.54 Å². The molecule has 0 heterocycles. The smallest absolute Gasteiger partial charge is 0.0150 e. The van der Waals surface area contributed by atoms with Gasteiger partial charge in [0.25, 0.3) is 0 Å². The third kappa shape index (κ3) is 0.733. The van der Waals surface area contributed by atoms with Crippen LogP contribution >= 0.6 is 22.6 Å². The van der Waals surface area contributed by atoms with Crippen molar-refractivity contribution in [3.63, 3.8) is 0 Å². The lowest BCUT2D eigenvalue weighted by atomic mass is 10.5. The average Bonchev–Trinajstić information content (AvgIpc) is 2.19. The highest BCUT2D eigenvalue weighted by molar-refractivity contribution is 14.1. The summed E-state index contributed by atoms with van der Waals surface area (Å²) in [6.45, 7) is 0.776. The summed E-state index contributed by atoms with van der Waals surface area (Å²) < 4.78 is 1.47. The van der Waals surface area contributed by atoms with Crippen LogP contribution in [0.2, 0.25) is 0 Å². The van der Waals surface area contributed by atoms with E-state index < -0.39 is 0 Å². The standard InChI is InChI=1S/C4H6IN/c5-4-1-3(4)2-6/h1-2,6H2. The Balaban J connectivity index is 2.38. The van der Waals surface area contributed by atoms with Gasteiger partial charge >= 0.3 is 0 Å². The maximum Gasteiger partial charge on any atom is 0.0150 e. The minimum Gasteiger partial charge on any atom is -0.327 e. The molecule has 0 aromatic rings. The molecule has 2 heteroatoms. The Hall–Kier alpha value is 0.430. The first-order valence-corrected chi connectivity index (χ1v) is 2.99. The molecule has 0 aromatic heterocycles. The van der Waals surface area contributed by atoms with E-state index in [9.17, 15) is 0 Å². The van der Waals surface area contributed by atoms with Gasteiger partial charge in [0, 0.05) is 13.0 Å². The Bertz CT molecular complexity index is 95.7. The number of nitrogens with two attached hydrogens (primary N) is 1. The Morgan fingerprint density at radius 2 is 2.33 bits per heavy atom. The highest BCUT2D eigenvalue weighted by atomic mass is 127. The topological polar surface area (TPSA) is 26.0 Å². The lowest BCUT2D eigenvalue weighted by molar-refractivity contribution is 1.19. The second-order valence-corrected chi connectivity index (χ2v) is 2.69. The predicted molar refractivity (Wildman–Crippen MR) is 34.7 cm³/mol. The summed E-state index contributed by atoms with van der Waals surface area (Å²) in [5.41, 5.74) is 6.70. The first-order chi connectivity index (χ1) is 2.84. The lowest BCUT2D eigenvalue weighted by Gasteiger charge is -1.69. The minimum atomic E-state index is 0.776. The van der Waals surface area contributed by atoms with Crippen molar-refractivity contribution in [3.8, 4) is 0 Å². The van der Waals surface area contributed by atoms with Crippen LogP contribution in [-0.4, -0.2) is 6.54 Å². The monoisotopic (exact) mass is 195 g/mol. The van der Waals surface area contributed by atoms with E-state index in [1.54, 1.807) is 0 Å². The normalized spacial score (nSPS) is 19.0. The zero-order chi connectivity index (χ0) is 4.57. The van der Waals surface area contributed by atoms with Crippen molar-refractivity contribution in [1.29, 1.82) is 0 Å². The molecule has 0 aliphatic heterocycles. The third-order valence-corrected chi connectivity index (χ3v) is 2.02. The fourth-order valence-corrected chi connectivity index (χ4v) is 1.01. The van der Waals surface area contributed by atoms with Crippen LogP contribution in [0.3, 0.4) is 0 Å². The molecular weight excluding hydrogens is 189 g/mol. The van der Waals surface area contributed by atoms with Crippen molar-refractivity contribution in [2.45, 2.75) is 6.42 Å². The molecule has 0 unspecified atom stereocenters. The van der Waals surface area contributed by atoms with Gasteiger partial charge in [0.1, 0.15) is 0 Å². The summed E-state index contributed by atoms with van der Waals surface area (Å²) in [5, 5.41) is 0. The van der Waals surface area contributed by atoms with Gasteiger partial charge in [0.15, 0.2) is 0 Å². The van der Waals surface area contributed by atoms with Crippen LogP contribution in [0.25, 0.3) is 0 Å². The van der Waals surface area contributed by atoms with E-state index in [1.807, 2.05) is 0 Å². The van der Waals surface area contributed by atoms with Gasteiger partial charge in [-0.25, -0.2) is 0 Å². The molecule has 0 amide bonds. The molecular formula is C4H6IN. The van der Waals surface area contributed by atoms with Crippen LogP contribution in [0.5, 0.6) is 0 Å².